The lowest BCUT2D eigenvalue weighted by atomic mass is 9.91. The summed E-state index contributed by atoms with van der Waals surface area (Å²) in [5.41, 5.74) is 14.0. The summed E-state index contributed by atoms with van der Waals surface area (Å²) in [4.78, 5) is 61.4. The molecule has 0 aliphatic carbocycles. The fraction of sp³-hybridized carbons (Fsp3) is 0.464. The maximum atomic E-state index is 14.4. The molecular formula is C56H69N13O8S. The van der Waals surface area contributed by atoms with Crippen molar-refractivity contribution in [3.05, 3.63) is 102 Å². The van der Waals surface area contributed by atoms with Crippen LogP contribution in [0.5, 0.6) is 17.5 Å². The first-order valence-electron chi connectivity index (χ1n) is 26.9. The third kappa shape index (κ3) is 12.3. The molecule has 4 aliphatic rings. The van der Waals surface area contributed by atoms with Crippen LogP contribution in [0.3, 0.4) is 0 Å². The number of pyridine rings is 1. The van der Waals surface area contributed by atoms with E-state index >= 15 is 0 Å². The average Bonchev–Trinajstić information content (AvgIpc) is 4.29. The zero-order chi connectivity index (χ0) is 54.5. The van der Waals surface area contributed by atoms with Gasteiger partial charge in [0.25, 0.3) is 5.88 Å². The van der Waals surface area contributed by atoms with Crippen molar-refractivity contribution in [2.45, 2.75) is 83.1 Å². The Labute approximate surface area is 457 Å². The summed E-state index contributed by atoms with van der Waals surface area (Å²) < 4.78 is 18.0. The van der Waals surface area contributed by atoms with Gasteiger partial charge in [-0.05, 0) is 66.2 Å². The monoisotopic (exact) mass is 1080 g/mol. The SMILES string of the molecule is CC(=O)NC[C@H](NC(=O)[C@@H]1C[C@@H](O)CN1C(=O)[C@@H](c1cc(OCCN2CCN(CCOc3cc(N4C5CCC4CN(c4cc(-c6ccccc6O)nnc4N)C5)ccn3)CC2)no1)C(C)C)c1ccc(-c2scnc2C)cc1. The Hall–Kier alpha value is -7.40. The van der Waals surface area contributed by atoms with Crippen molar-refractivity contribution in [3.8, 4) is 39.2 Å². The minimum atomic E-state index is -0.948. The van der Waals surface area contributed by atoms with Gasteiger partial charge in [-0.2, -0.15) is 0 Å². The number of para-hydroxylation sites is 1. The fourth-order valence-corrected chi connectivity index (χ4v) is 12.2. The molecule has 22 heteroatoms. The number of nitrogens with two attached hydrogens (primary N) is 1. The predicted molar refractivity (Wildman–Crippen MR) is 295 cm³/mol. The second kappa shape index (κ2) is 24.1. The molecule has 10 rings (SSSR count). The van der Waals surface area contributed by atoms with Gasteiger partial charge in [0.1, 0.15) is 30.9 Å². The molecule has 21 nitrogen and oxygen atoms in total. The zero-order valence-electron chi connectivity index (χ0n) is 44.5. The van der Waals surface area contributed by atoms with Crippen molar-refractivity contribution in [3.63, 3.8) is 0 Å². The number of nitrogens with zero attached hydrogens (tertiary/aromatic N) is 10. The second-order valence-corrected chi connectivity index (χ2v) is 21.9. The van der Waals surface area contributed by atoms with E-state index in [9.17, 15) is 24.6 Å². The number of rotatable bonds is 20. The molecule has 2 unspecified atom stereocenters. The van der Waals surface area contributed by atoms with Gasteiger partial charge in [-0.25, -0.2) is 9.97 Å². The number of nitrogen functional groups attached to an aromatic ring is 1. The van der Waals surface area contributed by atoms with Crippen LogP contribution in [0, 0.1) is 12.8 Å². The van der Waals surface area contributed by atoms with Gasteiger partial charge in [0, 0.05) is 120 Å². The highest BCUT2D eigenvalue weighted by Crippen LogP contribution is 2.40. The predicted octanol–water partition coefficient (Wildman–Crippen LogP) is 4.87. The number of nitrogens with one attached hydrogen (secondary N) is 2. The van der Waals surface area contributed by atoms with Gasteiger partial charge >= 0.3 is 0 Å². The summed E-state index contributed by atoms with van der Waals surface area (Å²) in [6.07, 6.45) is 3.10. The van der Waals surface area contributed by atoms with Gasteiger partial charge < -0.3 is 55.3 Å². The van der Waals surface area contributed by atoms with Crippen LogP contribution in [0.25, 0.3) is 21.7 Å². The number of aromatic nitrogens is 5. The number of likely N-dealkylation sites (tertiary alicyclic amines) is 1. The number of aliphatic hydroxyl groups is 1. The first-order valence-corrected chi connectivity index (χ1v) is 27.8. The number of anilines is 3. The summed E-state index contributed by atoms with van der Waals surface area (Å²) >= 11 is 1.55. The molecule has 2 aromatic carbocycles. The summed E-state index contributed by atoms with van der Waals surface area (Å²) in [5, 5.41) is 39.9. The third-order valence-corrected chi connectivity index (χ3v) is 16.4. The number of fused-ring (bicyclic) bond motifs is 2. The molecule has 6 N–H and O–H groups in total. The molecule has 0 saturated carbocycles. The normalized spacial score (nSPS) is 20.5. The van der Waals surface area contributed by atoms with Crippen LogP contribution in [0.2, 0.25) is 0 Å². The molecule has 0 radical (unpaired) electrons. The number of ether oxygens (including phenoxy) is 2. The summed E-state index contributed by atoms with van der Waals surface area (Å²) in [7, 11) is 0. The lowest BCUT2D eigenvalue weighted by Crippen LogP contribution is -2.54. The smallest absolute Gasteiger partial charge is 0.254 e. The third-order valence-electron chi connectivity index (χ3n) is 15.4. The van der Waals surface area contributed by atoms with E-state index in [1.54, 1.807) is 35.0 Å². The molecule has 4 saturated heterocycles. The van der Waals surface area contributed by atoms with Crippen molar-refractivity contribution in [1.29, 1.82) is 0 Å². The molecule has 6 atom stereocenters. The number of thiazole rings is 1. The minimum absolute atomic E-state index is 0.0156. The Morgan fingerprint density at radius 1 is 0.885 bits per heavy atom. The number of hydrogen-bond acceptors (Lipinski definition) is 19. The molecule has 3 amide bonds. The standard InChI is InChI=1S/C56H69N13O8S/c1-34(2)52(56(74)68-32-42(71)26-47(68)55(73)61-45(29-59-36(4)70)37-9-11-38(12-10-37)53-35(3)60-33-78-53)49-28-51(64-77-49)76-24-22-66-19-17-65(18-20-66)21-23-75-50-25-39(15-16-58-50)69-40-13-14-41(69)31-67(30-40)46-27-44(62-63-54(46)57)43-7-5-6-8-48(43)72/h5-12,15-16,25,27-28,33-34,40-42,45,47,52,71-72H,13-14,17-24,26,29-32H2,1-4H3,(H2,57,63)(H,59,70)(H,61,73)/t40?,41?,42-,45+,47+,52-/m1/s1. The molecule has 8 heterocycles. The molecule has 78 heavy (non-hydrogen) atoms. The van der Waals surface area contributed by atoms with Gasteiger partial charge in [0.05, 0.1) is 39.6 Å². The van der Waals surface area contributed by atoms with Crippen molar-refractivity contribution in [1.82, 2.24) is 50.7 Å². The molecule has 6 aromatic rings. The van der Waals surface area contributed by atoms with Crippen LogP contribution < -0.4 is 35.6 Å². The number of aliphatic hydroxyl groups excluding tert-OH is 1. The Morgan fingerprint density at radius 3 is 2.26 bits per heavy atom. The Bertz CT molecular complexity index is 3030. The van der Waals surface area contributed by atoms with Crippen LogP contribution in [-0.2, 0) is 14.4 Å². The molecule has 412 valence electrons. The van der Waals surface area contributed by atoms with Crippen LogP contribution in [-0.4, -0.2) is 171 Å². The summed E-state index contributed by atoms with van der Waals surface area (Å²) in [6, 6.07) is 21.5. The summed E-state index contributed by atoms with van der Waals surface area (Å²) in [5.74, 6) is -0.325. The number of aryl methyl sites for hydroxylation is 1. The van der Waals surface area contributed by atoms with E-state index in [0.29, 0.717) is 48.5 Å². The number of benzene rings is 2. The van der Waals surface area contributed by atoms with Crippen LogP contribution >= 0.6 is 11.3 Å². The van der Waals surface area contributed by atoms with E-state index in [4.69, 9.17) is 19.7 Å². The second-order valence-electron chi connectivity index (χ2n) is 21.0. The molecule has 4 aliphatic heterocycles. The highest BCUT2D eigenvalue weighted by atomic mass is 32.1. The maximum Gasteiger partial charge on any atom is 0.254 e. The number of phenolic OH excluding ortho intramolecular Hbond substituents is 1. The van der Waals surface area contributed by atoms with Gasteiger partial charge in [-0.1, -0.05) is 50.2 Å². The van der Waals surface area contributed by atoms with E-state index < -0.39 is 30.0 Å². The van der Waals surface area contributed by atoms with Gasteiger partial charge in [0.15, 0.2) is 11.6 Å². The van der Waals surface area contributed by atoms with E-state index in [1.165, 1.54) is 11.8 Å². The lowest BCUT2D eigenvalue weighted by molar-refractivity contribution is -0.141. The van der Waals surface area contributed by atoms with Crippen molar-refractivity contribution in [2.24, 2.45) is 5.92 Å². The topological polar surface area (TPSA) is 254 Å². The number of amides is 3. The van der Waals surface area contributed by atoms with Gasteiger partial charge in [-0.15, -0.1) is 21.5 Å². The minimum Gasteiger partial charge on any atom is -0.507 e. The van der Waals surface area contributed by atoms with Gasteiger partial charge in [0.2, 0.25) is 23.6 Å². The highest BCUT2D eigenvalue weighted by molar-refractivity contribution is 7.13. The van der Waals surface area contributed by atoms with Crippen molar-refractivity contribution in [2.75, 3.05) is 94.2 Å². The first kappa shape index (κ1) is 54.0. The van der Waals surface area contributed by atoms with Crippen molar-refractivity contribution >= 4 is 46.3 Å². The largest absolute Gasteiger partial charge is 0.507 e. The molecule has 4 aromatic heterocycles. The maximum absolute atomic E-state index is 14.4. The quantitative estimate of drug-likeness (QED) is 0.0683. The average molecular weight is 1080 g/mol. The van der Waals surface area contributed by atoms with Crippen molar-refractivity contribution < 1.29 is 38.6 Å². The van der Waals surface area contributed by atoms with Crippen LogP contribution in [0.15, 0.2) is 89.0 Å². The first-order chi connectivity index (χ1) is 37.8. The number of phenols is 1. The van der Waals surface area contributed by atoms with E-state index in [-0.39, 0.29) is 61.0 Å². The number of β-amino-alcohol motifs (C(OH)–C–C–N with tert-alkyl or cyclic N) is 1. The number of piperazine rings is 2. The van der Waals surface area contributed by atoms with Crippen LogP contribution in [0.4, 0.5) is 17.2 Å². The highest BCUT2D eigenvalue weighted by Gasteiger charge is 2.44. The lowest BCUT2D eigenvalue weighted by Gasteiger charge is -2.43. The number of hydrogen-bond donors (Lipinski definition) is 5. The Morgan fingerprint density at radius 2 is 1.59 bits per heavy atom. The number of carbonyl (C=O) groups is 3. The zero-order valence-corrected chi connectivity index (χ0v) is 45.3. The van der Waals surface area contributed by atoms with E-state index in [0.717, 1.165) is 91.7 Å². The van der Waals surface area contributed by atoms with E-state index in [2.05, 4.69) is 61.6 Å². The van der Waals surface area contributed by atoms with E-state index in [1.807, 2.05) is 75.5 Å². The molecule has 0 spiro atoms. The Balaban J connectivity index is 0.668. The number of aromatic hydroxyl groups is 1. The fourth-order valence-electron chi connectivity index (χ4n) is 11.3. The van der Waals surface area contributed by atoms with Gasteiger partial charge in [-0.3, -0.25) is 24.2 Å². The van der Waals surface area contributed by atoms with Crippen LogP contribution in [0.1, 0.15) is 69.0 Å². The molecular weight excluding hydrogens is 1010 g/mol. The molecule has 2 bridgehead atoms. The summed E-state index contributed by atoms with van der Waals surface area (Å²) in [6.45, 7) is 14.7. The Kier molecular flexibility index (Phi) is 16.7. The molecule has 4 fully saturated rings. The number of carbonyl (C=O) groups excluding carboxylic acids is 3.